The van der Waals surface area contributed by atoms with E-state index in [-0.39, 0.29) is 11.4 Å². The van der Waals surface area contributed by atoms with E-state index in [2.05, 4.69) is 37.5 Å². The number of nitrogens with one attached hydrogen (secondary N) is 2. The molecule has 1 aromatic carbocycles. The predicted octanol–water partition coefficient (Wildman–Crippen LogP) is 5.91. The maximum atomic E-state index is 12.6. The van der Waals surface area contributed by atoms with E-state index in [0.717, 1.165) is 41.9 Å². The highest BCUT2D eigenvalue weighted by Crippen LogP contribution is 2.39. The fourth-order valence-corrected chi connectivity index (χ4v) is 5.13. The number of thiocarbonyl (C=S) groups is 1. The molecule has 4 nitrogen and oxygen atoms in total. The number of carbonyl (C=O) groups is 1. The second-order valence-corrected chi connectivity index (χ2v) is 9.52. The van der Waals surface area contributed by atoms with Gasteiger partial charge in [-0.25, -0.2) is 4.79 Å². The van der Waals surface area contributed by atoms with E-state index in [9.17, 15) is 4.79 Å². The van der Waals surface area contributed by atoms with E-state index < -0.39 is 0 Å². The molecule has 0 atom stereocenters. The van der Waals surface area contributed by atoms with Crippen LogP contribution in [0.2, 0.25) is 0 Å². The van der Waals surface area contributed by atoms with Gasteiger partial charge in [-0.05, 0) is 67.4 Å². The Labute approximate surface area is 176 Å². The molecule has 0 amide bonds. The summed E-state index contributed by atoms with van der Waals surface area (Å²) in [6, 6.07) is 8.17. The Morgan fingerprint density at radius 1 is 1.18 bits per heavy atom. The van der Waals surface area contributed by atoms with Crippen molar-refractivity contribution in [2.45, 2.75) is 58.8 Å². The SMILES string of the molecule is CCOC(=O)c1c(NC(=S)Nc2ccccc2C(C)(C)C)sc2c1CCCC2. The molecule has 1 heterocycles. The van der Waals surface area contributed by atoms with Crippen LogP contribution in [0.15, 0.2) is 24.3 Å². The van der Waals surface area contributed by atoms with E-state index >= 15 is 0 Å². The quantitative estimate of drug-likeness (QED) is 0.479. The van der Waals surface area contributed by atoms with Gasteiger partial charge in [0, 0.05) is 10.6 Å². The van der Waals surface area contributed by atoms with Crippen molar-refractivity contribution < 1.29 is 9.53 Å². The number of carbonyl (C=O) groups excluding carboxylic acids is 1. The molecule has 0 radical (unpaired) electrons. The topological polar surface area (TPSA) is 50.4 Å². The zero-order valence-corrected chi connectivity index (χ0v) is 18.6. The van der Waals surface area contributed by atoms with Gasteiger partial charge in [0.2, 0.25) is 0 Å². The van der Waals surface area contributed by atoms with Crippen LogP contribution >= 0.6 is 23.6 Å². The number of para-hydroxylation sites is 1. The summed E-state index contributed by atoms with van der Waals surface area (Å²) in [6.07, 6.45) is 4.21. The van der Waals surface area contributed by atoms with Gasteiger partial charge in [-0.1, -0.05) is 39.0 Å². The summed E-state index contributed by atoms with van der Waals surface area (Å²) in [5, 5.41) is 7.87. The number of aryl methyl sites for hydroxylation is 1. The van der Waals surface area contributed by atoms with Gasteiger partial charge in [-0.2, -0.15) is 0 Å². The smallest absolute Gasteiger partial charge is 0.341 e. The molecule has 3 rings (SSSR count). The molecule has 1 aliphatic carbocycles. The number of esters is 1. The monoisotopic (exact) mass is 416 g/mol. The lowest BCUT2D eigenvalue weighted by Gasteiger charge is -2.23. The highest BCUT2D eigenvalue weighted by atomic mass is 32.1. The summed E-state index contributed by atoms with van der Waals surface area (Å²) in [6.45, 7) is 8.73. The maximum Gasteiger partial charge on any atom is 0.341 e. The molecular formula is C22H28N2O2S2. The molecule has 1 aliphatic rings. The number of hydrogen-bond donors (Lipinski definition) is 2. The largest absolute Gasteiger partial charge is 0.462 e. The molecule has 2 N–H and O–H groups in total. The number of fused-ring (bicyclic) bond motifs is 1. The minimum atomic E-state index is -0.262. The first-order valence-electron chi connectivity index (χ1n) is 9.80. The number of anilines is 2. The van der Waals surface area contributed by atoms with Crippen LogP contribution < -0.4 is 10.6 Å². The van der Waals surface area contributed by atoms with Gasteiger partial charge in [0.25, 0.3) is 0 Å². The molecule has 0 saturated carbocycles. The zero-order valence-electron chi connectivity index (χ0n) is 17.0. The first-order chi connectivity index (χ1) is 13.3. The molecule has 28 heavy (non-hydrogen) atoms. The number of ether oxygens (including phenoxy) is 1. The van der Waals surface area contributed by atoms with Gasteiger partial charge in [0.15, 0.2) is 5.11 Å². The van der Waals surface area contributed by atoms with Crippen molar-refractivity contribution >= 4 is 45.3 Å². The van der Waals surface area contributed by atoms with Gasteiger partial charge in [0.05, 0.1) is 12.2 Å². The van der Waals surface area contributed by atoms with Gasteiger partial charge in [-0.3, -0.25) is 0 Å². The number of thiophene rings is 1. The first kappa shape index (κ1) is 20.8. The van der Waals surface area contributed by atoms with Crippen LogP contribution in [0.5, 0.6) is 0 Å². The molecule has 6 heteroatoms. The van der Waals surface area contributed by atoms with Crippen LogP contribution in [-0.2, 0) is 23.0 Å². The van der Waals surface area contributed by atoms with Gasteiger partial charge in [0.1, 0.15) is 5.00 Å². The van der Waals surface area contributed by atoms with Crippen molar-refractivity contribution in [3.05, 3.63) is 45.8 Å². The normalized spacial score (nSPS) is 13.6. The average Bonchev–Trinajstić information content (AvgIpc) is 2.99. The first-order valence-corrected chi connectivity index (χ1v) is 11.0. The minimum Gasteiger partial charge on any atom is -0.462 e. The molecule has 150 valence electrons. The van der Waals surface area contributed by atoms with E-state index in [4.69, 9.17) is 17.0 Å². The Morgan fingerprint density at radius 3 is 2.61 bits per heavy atom. The van der Waals surface area contributed by atoms with Crippen molar-refractivity contribution in [2.24, 2.45) is 0 Å². The second-order valence-electron chi connectivity index (χ2n) is 8.01. The fourth-order valence-electron chi connectivity index (χ4n) is 3.58. The van der Waals surface area contributed by atoms with Crippen molar-refractivity contribution in [1.29, 1.82) is 0 Å². The Balaban J connectivity index is 1.85. The summed E-state index contributed by atoms with van der Waals surface area (Å²) in [5.41, 5.74) is 3.96. The third kappa shape index (κ3) is 4.55. The third-order valence-electron chi connectivity index (χ3n) is 4.86. The molecule has 0 spiro atoms. The number of hydrogen-bond acceptors (Lipinski definition) is 4. The van der Waals surface area contributed by atoms with Crippen LogP contribution in [0.3, 0.4) is 0 Å². The third-order valence-corrected chi connectivity index (χ3v) is 6.27. The Bertz CT molecular complexity index is 881. The molecule has 0 fully saturated rings. The van der Waals surface area contributed by atoms with E-state index in [1.54, 1.807) is 11.3 Å². The molecular weight excluding hydrogens is 388 g/mol. The number of rotatable bonds is 4. The predicted molar refractivity (Wildman–Crippen MR) is 122 cm³/mol. The van der Waals surface area contributed by atoms with Crippen molar-refractivity contribution in [1.82, 2.24) is 0 Å². The van der Waals surface area contributed by atoms with Crippen LogP contribution in [0, 0.1) is 0 Å². The minimum absolute atomic E-state index is 0.00266. The lowest BCUT2D eigenvalue weighted by molar-refractivity contribution is 0.0526. The Kier molecular flexibility index (Phi) is 6.40. The van der Waals surface area contributed by atoms with Crippen molar-refractivity contribution in [2.75, 3.05) is 17.2 Å². The van der Waals surface area contributed by atoms with Crippen molar-refractivity contribution in [3.8, 4) is 0 Å². The van der Waals surface area contributed by atoms with Crippen LogP contribution in [0.4, 0.5) is 10.7 Å². The molecule has 1 aromatic heterocycles. The zero-order chi connectivity index (χ0) is 20.3. The fraction of sp³-hybridized carbons (Fsp3) is 0.455. The summed E-state index contributed by atoms with van der Waals surface area (Å²) in [4.78, 5) is 13.9. The number of benzene rings is 1. The Hall–Kier alpha value is -1.92. The molecule has 0 saturated heterocycles. The van der Waals surface area contributed by atoms with E-state index in [1.165, 1.54) is 10.4 Å². The molecule has 2 aromatic rings. The summed E-state index contributed by atoms with van der Waals surface area (Å²) >= 11 is 7.21. The van der Waals surface area contributed by atoms with Crippen LogP contribution in [-0.4, -0.2) is 17.7 Å². The van der Waals surface area contributed by atoms with E-state index in [0.29, 0.717) is 17.3 Å². The summed E-state index contributed by atoms with van der Waals surface area (Å²) in [7, 11) is 0. The summed E-state index contributed by atoms with van der Waals surface area (Å²) < 4.78 is 5.32. The highest BCUT2D eigenvalue weighted by Gasteiger charge is 2.27. The summed E-state index contributed by atoms with van der Waals surface area (Å²) in [5.74, 6) is -0.262. The van der Waals surface area contributed by atoms with Gasteiger partial charge in [-0.15, -0.1) is 11.3 Å². The second kappa shape index (κ2) is 8.62. The van der Waals surface area contributed by atoms with E-state index in [1.807, 2.05) is 25.1 Å². The van der Waals surface area contributed by atoms with Crippen molar-refractivity contribution in [3.63, 3.8) is 0 Å². The van der Waals surface area contributed by atoms with Gasteiger partial charge < -0.3 is 15.4 Å². The van der Waals surface area contributed by atoms with Gasteiger partial charge >= 0.3 is 5.97 Å². The average molecular weight is 417 g/mol. The standard InChI is InChI=1S/C22H28N2O2S2/c1-5-26-20(25)18-14-10-6-9-13-17(14)28-19(18)24-21(27)23-16-12-8-7-11-15(16)22(2,3)4/h7-8,11-12H,5-6,9-10,13H2,1-4H3,(H2,23,24,27). The molecule has 0 aliphatic heterocycles. The maximum absolute atomic E-state index is 12.6. The Morgan fingerprint density at radius 2 is 1.89 bits per heavy atom. The highest BCUT2D eigenvalue weighted by molar-refractivity contribution is 7.80. The molecule has 0 unspecified atom stereocenters. The lowest BCUT2D eigenvalue weighted by atomic mass is 9.86. The van der Waals surface area contributed by atoms with Crippen LogP contribution in [0.1, 0.15) is 66.9 Å². The lowest BCUT2D eigenvalue weighted by Crippen LogP contribution is -2.23. The van der Waals surface area contributed by atoms with Crippen LogP contribution in [0.25, 0.3) is 0 Å². The molecule has 0 bridgehead atoms.